The van der Waals surface area contributed by atoms with Crippen molar-refractivity contribution in [3.63, 3.8) is 0 Å². The summed E-state index contributed by atoms with van der Waals surface area (Å²) in [6, 6.07) is 6.62. The Hall–Kier alpha value is -1.06. The van der Waals surface area contributed by atoms with Crippen LogP contribution in [0.4, 0.5) is 0 Å². The first-order valence-electron chi connectivity index (χ1n) is 7.59. The molecule has 1 N–H and O–H groups in total. The van der Waals surface area contributed by atoms with Crippen LogP contribution in [0.25, 0.3) is 0 Å². The molecule has 0 spiro atoms. The molecule has 1 saturated heterocycles. The van der Waals surface area contributed by atoms with Gasteiger partial charge in [-0.1, -0.05) is 12.1 Å². The van der Waals surface area contributed by atoms with Gasteiger partial charge in [-0.3, -0.25) is 0 Å². The Kier molecular flexibility index (Phi) is 2.97. The molecule has 2 aliphatic heterocycles. The van der Waals surface area contributed by atoms with E-state index in [9.17, 15) is 0 Å². The molecule has 2 heterocycles. The summed E-state index contributed by atoms with van der Waals surface area (Å²) < 4.78 is 5.68. The fraction of sp³-hybridized carbons (Fsp3) is 0.625. The second-order valence-corrected chi connectivity index (χ2v) is 6.08. The summed E-state index contributed by atoms with van der Waals surface area (Å²) in [6.45, 7) is 6.93. The van der Waals surface area contributed by atoms with Gasteiger partial charge < -0.3 is 15.0 Å². The second-order valence-electron chi connectivity index (χ2n) is 6.08. The van der Waals surface area contributed by atoms with E-state index in [0.717, 1.165) is 43.7 Å². The van der Waals surface area contributed by atoms with E-state index in [4.69, 9.17) is 4.74 Å². The minimum Gasteiger partial charge on any atom is -0.493 e. The molecule has 1 aromatic rings. The smallest absolute Gasteiger partial charge is 0.122 e. The van der Waals surface area contributed by atoms with Gasteiger partial charge in [-0.2, -0.15) is 0 Å². The van der Waals surface area contributed by atoms with Crippen LogP contribution in [0.15, 0.2) is 18.2 Å². The lowest BCUT2D eigenvalue weighted by Gasteiger charge is -2.27. The maximum Gasteiger partial charge on any atom is 0.122 e. The summed E-state index contributed by atoms with van der Waals surface area (Å²) in [5.74, 6) is 2.82. The Morgan fingerprint density at radius 1 is 1.26 bits per heavy atom. The molecule has 3 aliphatic rings. The van der Waals surface area contributed by atoms with Gasteiger partial charge in [-0.15, -0.1) is 0 Å². The normalized spacial score (nSPS) is 29.9. The molecule has 0 amide bonds. The van der Waals surface area contributed by atoms with Gasteiger partial charge in [0.1, 0.15) is 5.75 Å². The van der Waals surface area contributed by atoms with Gasteiger partial charge in [0.2, 0.25) is 0 Å². The Balaban J connectivity index is 1.43. The Morgan fingerprint density at radius 2 is 2.16 bits per heavy atom. The van der Waals surface area contributed by atoms with E-state index in [2.05, 4.69) is 28.4 Å². The predicted molar refractivity (Wildman–Crippen MR) is 75.8 cm³/mol. The largest absolute Gasteiger partial charge is 0.493 e. The van der Waals surface area contributed by atoms with Crippen LogP contribution >= 0.6 is 0 Å². The number of hydrogen-bond donors (Lipinski definition) is 1. The zero-order valence-electron chi connectivity index (χ0n) is 11.4. The molecular formula is C16H22N2O. The van der Waals surface area contributed by atoms with Crippen molar-refractivity contribution in [2.75, 3.05) is 39.3 Å². The van der Waals surface area contributed by atoms with Crippen LogP contribution in [0, 0.1) is 5.92 Å². The molecule has 2 fully saturated rings. The van der Waals surface area contributed by atoms with Crippen molar-refractivity contribution in [2.45, 2.75) is 18.8 Å². The summed E-state index contributed by atoms with van der Waals surface area (Å²) in [4.78, 5) is 2.63. The first kappa shape index (κ1) is 11.7. The van der Waals surface area contributed by atoms with E-state index in [1.165, 1.54) is 31.6 Å². The molecule has 3 nitrogen and oxygen atoms in total. The maximum atomic E-state index is 5.68. The first-order valence-corrected chi connectivity index (χ1v) is 7.59. The number of benzene rings is 1. The number of nitrogens with zero attached hydrogens (tertiary/aromatic N) is 1. The molecule has 1 aliphatic carbocycles. The monoisotopic (exact) mass is 258 g/mol. The number of rotatable bonds is 3. The third kappa shape index (κ3) is 2.26. The first-order chi connectivity index (χ1) is 9.42. The van der Waals surface area contributed by atoms with Crippen LogP contribution < -0.4 is 10.1 Å². The van der Waals surface area contributed by atoms with Crippen molar-refractivity contribution in [3.8, 4) is 5.75 Å². The number of fused-ring (bicyclic) bond motifs is 1. The number of piperazine rings is 1. The van der Waals surface area contributed by atoms with E-state index in [0.29, 0.717) is 0 Å². The molecule has 0 unspecified atom stereocenters. The number of nitrogens with one attached hydrogen (secondary N) is 1. The van der Waals surface area contributed by atoms with Gasteiger partial charge in [0.25, 0.3) is 0 Å². The van der Waals surface area contributed by atoms with Crippen LogP contribution in [0.5, 0.6) is 5.75 Å². The van der Waals surface area contributed by atoms with E-state index in [1.807, 2.05) is 0 Å². The highest BCUT2D eigenvalue weighted by Gasteiger charge is 2.41. The minimum atomic E-state index is 0.798. The molecule has 1 saturated carbocycles. The molecule has 3 heteroatoms. The zero-order valence-corrected chi connectivity index (χ0v) is 11.4. The van der Waals surface area contributed by atoms with Crippen molar-refractivity contribution in [1.82, 2.24) is 10.2 Å². The second kappa shape index (κ2) is 4.80. The van der Waals surface area contributed by atoms with Gasteiger partial charge in [0.05, 0.1) is 6.61 Å². The fourth-order valence-electron chi connectivity index (χ4n) is 3.65. The fourth-order valence-corrected chi connectivity index (χ4v) is 3.65. The summed E-state index contributed by atoms with van der Waals surface area (Å²) in [6.07, 6.45) is 2.49. The van der Waals surface area contributed by atoms with Crippen molar-refractivity contribution in [2.24, 2.45) is 5.92 Å². The molecule has 19 heavy (non-hydrogen) atoms. The maximum absolute atomic E-state index is 5.68. The highest BCUT2D eigenvalue weighted by atomic mass is 16.5. The summed E-state index contributed by atoms with van der Waals surface area (Å²) in [5.41, 5.74) is 3.07. The van der Waals surface area contributed by atoms with Crippen LogP contribution in [-0.4, -0.2) is 44.2 Å². The summed E-state index contributed by atoms with van der Waals surface area (Å²) in [5, 5.41) is 3.43. The highest BCUT2D eigenvalue weighted by Crippen LogP contribution is 2.50. The average molecular weight is 258 g/mol. The third-order valence-corrected chi connectivity index (χ3v) is 4.80. The third-order valence-electron chi connectivity index (χ3n) is 4.80. The molecular weight excluding hydrogens is 236 g/mol. The van der Waals surface area contributed by atoms with Gasteiger partial charge in [0, 0.05) is 44.7 Å². The van der Waals surface area contributed by atoms with Crippen LogP contribution in [-0.2, 0) is 6.42 Å². The van der Waals surface area contributed by atoms with E-state index in [1.54, 1.807) is 5.56 Å². The number of hydrogen-bond acceptors (Lipinski definition) is 3. The minimum absolute atomic E-state index is 0.798. The van der Waals surface area contributed by atoms with Crippen LogP contribution in [0.2, 0.25) is 0 Å². The number of ether oxygens (including phenoxy) is 1. The lowest BCUT2D eigenvalue weighted by molar-refractivity contribution is 0.231. The highest BCUT2D eigenvalue weighted by molar-refractivity contribution is 5.46. The lowest BCUT2D eigenvalue weighted by Crippen LogP contribution is -2.44. The van der Waals surface area contributed by atoms with Crippen molar-refractivity contribution < 1.29 is 4.74 Å². The Morgan fingerprint density at radius 3 is 3.05 bits per heavy atom. The van der Waals surface area contributed by atoms with E-state index < -0.39 is 0 Å². The molecule has 0 radical (unpaired) electrons. The van der Waals surface area contributed by atoms with Crippen molar-refractivity contribution in [1.29, 1.82) is 0 Å². The molecule has 0 aromatic heterocycles. The zero-order chi connectivity index (χ0) is 12.7. The van der Waals surface area contributed by atoms with Crippen LogP contribution in [0.1, 0.15) is 23.5 Å². The standard InChI is InChI=1S/C16H22N2O/c1-2-13(14-4-9-19-16(14)3-1)15-10-12(15)11-18-7-5-17-6-8-18/h1-3,12,15,17H,4-11H2/t12-,15+/m0/s1. The Labute approximate surface area is 114 Å². The van der Waals surface area contributed by atoms with Gasteiger partial charge in [-0.25, -0.2) is 0 Å². The topological polar surface area (TPSA) is 24.5 Å². The van der Waals surface area contributed by atoms with Crippen molar-refractivity contribution in [3.05, 3.63) is 29.3 Å². The molecule has 1 aromatic carbocycles. The lowest BCUT2D eigenvalue weighted by atomic mass is 10.00. The average Bonchev–Trinajstić information content (AvgIpc) is 3.03. The van der Waals surface area contributed by atoms with Crippen molar-refractivity contribution >= 4 is 0 Å². The van der Waals surface area contributed by atoms with Gasteiger partial charge in [0.15, 0.2) is 0 Å². The van der Waals surface area contributed by atoms with E-state index >= 15 is 0 Å². The predicted octanol–water partition coefficient (Wildman–Crippen LogP) is 1.63. The molecule has 2 atom stereocenters. The SMILES string of the molecule is c1cc2c(c([C@@H]3C[C@H]3CN3CCNCC3)c1)CCO2. The molecule has 102 valence electrons. The summed E-state index contributed by atoms with van der Waals surface area (Å²) in [7, 11) is 0. The Bertz CT molecular complexity index is 468. The van der Waals surface area contributed by atoms with Crippen LogP contribution in [0.3, 0.4) is 0 Å². The summed E-state index contributed by atoms with van der Waals surface area (Å²) >= 11 is 0. The quantitative estimate of drug-likeness (QED) is 0.892. The van der Waals surface area contributed by atoms with Gasteiger partial charge >= 0.3 is 0 Å². The molecule has 0 bridgehead atoms. The molecule has 4 rings (SSSR count). The van der Waals surface area contributed by atoms with Gasteiger partial charge in [-0.05, 0) is 29.9 Å². The van der Waals surface area contributed by atoms with E-state index in [-0.39, 0.29) is 0 Å².